The van der Waals surface area contributed by atoms with Crippen LogP contribution in [0.25, 0.3) is 0 Å². The molecule has 0 aromatic heterocycles. The maximum atomic E-state index is 9.65. The Kier molecular flexibility index (Phi) is 3.13. The minimum absolute atomic E-state index is 0.0452. The van der Waals surface area contributed by atoms with Gasteiger partial charge in [0.05, 0.1) is 0 Å². The standard InChI is InChI=1S/C16H17NO2/c18-15-7-6-12(8-16(15)19)14-10-17-9-13(14)11-4-2-1-3-5-11/h1-8,13-14,17-19H,9-10H2/t13-,14-/m1/s1. The van der Waals surface area contributed by atoms with E-state index in [9.17, 15) is 10.2 Å². The lowest BCUT2D eigenvalue weighted by atomic mass is 9.84. The van der Waals surface area contributed by atoms with Gasteiger partial charge in [-0.2, -0.15) is 0 Å². The van der Waals surface area contributed by atoms with E-state index in [0.717, 1.165) is 18.7 Å². The van der Waals surface area contributed by atoms with Crippen LogP contribution in [0.4, 0.5) is 0 Å². The Bertz CT molecular complexity index is 568. The Hall–Kier alpha value is -2.00. The SMILES string of the molecule is Oc1ccc([C@H]2CNC[C@@H]2c2ccccc2)cc1O. The first-order chi connectivity index (χ1) is 9.25. The average molecular weight is 255 g/mol. The minimum Gasteiger partial charge on any atom is -0.504 e. The molecule has 1 aliphatic rings. The number of phenolic OH excluding ortho intramolecular Hbond substituents is 2. The van der Waals surface area contributed by atoms with Crippen molar-refractivity contribution in [3.05, 3.63) is 59.7 Å². The summed E-state index contributed by atoms with van der Waals surface area (Å²) in [5.41, 5.74) is 2.37. The van der Waals surface area contributed by atoms with Crippen LogP contribution in [-0.4, -0.2) is 23.3 Å². The van der Waals surface area contributed by atoms with Gasteiger partial charge in [0.15, 0.2) is 11.5 Å². The Morgan fingerprint density at radius 2 is 1.47 bits per heavy atom. The van der Waals surface area contributed by atoms with Gasteiger partial charge in [-0.1, -0.05) is 36.4 Å². The van der Waals surface area contributed by atoms with Crippen molar-refractivity contribution in [1.82, 2.24) is 5.32 Å². The van der Waals surface area contributed by atoms with Gasteiger partial charge in [0.25, 0.3) is 0 Å². The van der Waals surface area contributed by atoms with Gasteiger partial charge >= 0.3 is 0 Å². The second-order valence-electron chi connectivity index (χ2n) is 5.03. The van der Waals surface area contributed by atoms with E-state index < -0.39 is 0 Å². The van der Waals surface area contributed by atoms with Crippen LogP contribution >= 0.6 is 0 Å². The molecule has 2 aromatic carbocycles. The fraction of sp³-hybridized carbons (Fsp3) is 0.250. The Morgan fingerprint density at radius 1 is 0.789 bits per heavy atom. The lowest BCUT2D eigenvalue weighted by Crippen LogP contribution is -2.08. The molecule has 3 nitrogen and oxygen atoms in total. The van der Waals surface area contributed by atoms with Crippen molar-refractivity contribution in [2.24, 2.45) is 0 Å². The largest absolute Gasteiger partial charge is 0.504 e. The number of rotatable bonds is 2. The molecule has 1 heterocycles. The summed E-state index contributed by atoms with van der Waals surface area (Å²) in [5, 5.41) is 22.5. The molecule has 1 fully saturated rings. The highest BCUT2D eigenvalue weighted by molar-refractivity contribution is 5.43. The molecule has 1 saturated heterocycles. The van der Waals surface area contributed by atoms with Crippen LogP contribution in [0.2, 0.25) is 0 Å². The predicted molar refractivity (Wildman–Crippen MR) is 74.6 cm³/mol. The van der Waals surface area contributed by atoms with Gasteiger partial charge in [-0.05, 0) is 23.3 Å². The molecular formula is C16H17NO2. The number of benzene rings is 2. The fourth-order valence-electron chi connectivity index (χ4n) is 2.85. The fourth-order valence-corrected chi connectivity index (χ4v) is 2.85. The molecule has 98 valence electrons. The highest BCUT2D eigenvalue weighted by Crippen LogP contribution is 2.38. The van der Waals surface area contributed by atoms with E-state index in [1.165, 1.54) is 5.56 Å². The van der Waals surface area contributed by atoms with Crippen LogP contribution in [0.3, 0.4) is 0 Å². The molecule has 2 atom stereocenters. The number of nitrogens with one attached hydrogen (secondary N) is 1. The second kappa shape index (κ2) is 4.94. The predicted octanol–water partition coefficient (Wildman–Crippen LogP) is 2.57. The van der Waals surface area contributed by atoms with Crippen molar-refractivity contribution in [2.45, 2.75) is 11.8 Å². The highest BCUT2D eigenvalue weighted by Gasteiger charge is 2.29. The van der Waals surface area contributed by atoms with Gasteiger partial charge in [0.1, 0.15) is 0 Å². The topological polar surface area (TPSA) is 52.5 Å². The highest BCUT2D eigenvalue weighted by atomic mass is 16.3. The third-order valence-electron chi connectivity index (χ3n) is 3.87. The van der Waals surface area contributed by atoms with Gasteiger partial charge in [-0.15, -0.1) is 0 Å². The summed E-state index contributed by atoms with van der Waals surface area (Å²) >= 11 is 0. The first kappa shape index (κ1) is 12.1. The first-order valence-corrected chi connectivity index (χ1v) is 6.53. The Balaban J connectivity index is 1.93. The lowest BCUT2D eigenvalue weighted by Gasteiger charge is -2.19. The van der Waals surface area contributed by atoms with Gasteiger partial charge in [0.2, 0.25) is 0 Å². The quantitative estimate of drug-likeness (QED) is 0.723. The molecule has 0 amide bonds. The van der Waals surface area contributed by atoms with Crippen molar-refractivity contribution in [2.75, 3.05) is 13.1 Å². The van der Waals surface area contributed by atoms with E-state index in [0.29, 0.717) is 11.8 Å². The molecule has 0 saturated carbocycles. The first-order valence-electron chi connectivity index (χ1n) is 6.53. The van der Waals surface area contributed by atoms with Crippen LogP contribution in [0, 0.1) is 0 Å². The van der Waals surface area contributed by atoms with Gasteiger partial charge in [-0.3, -0.25) is 0 Å². The van der Waals surface area contributed by atoms with Crippen LogP contribution in [0.5, 0.6) is 11.5 Å². The van der Waals surface area contributed by atoms with Gasteiger partial charge in [-0.25, -0.2) is 0 Å². The molecular weight excluding hydrogens is 238 g/mol. The molecule has 0 aliphatic carbocycles. The number of phenols is 2. The van der Waals surface area contributed by atoms with E-state index in [2.05, 4.69) is 29.6 Å². The molecule has 3 rings (SSSR count). The van der Waals surface area contributed by atoms with Crippen LogP contribution < -0.4 is 5.32 Å². The molecule has 0 bridgehead atoms. The molecule has 3 N–H and O–H groups in total. The van der Waals surface area contributed by atoms with Crippen molar-refractivity contribution in [1.29, 1.82) is 0 Å². The maximum Gasteiger partial charge on any atom is 0.157 e. The van der Waals surface area contributed by atoms with Crippen LogP contribution in [0.15, 0.2) is 48.5 Å². The lowest BCUT2D eigenvalue weighted by molar-refractivity contribution is 0.402. The summed E-state index contributed by atoms with van der Waals surface area (Å²) in [7, 11) is 0. The zero-order valence-electron chi connectivity index (χ0n) is 10.6. The summed E-state index contributed by atoms with van der Waals surface area (Å²) in [6.45, 7) is 1.83. The van der Waals surface area contributed by atoms with Crippen LogP contribution in [-0.2, 0) is 0 Å². The molecule has 19 heavy (non-hydrogen) atoms. The van der Waals surface area contributed by atoms with Crippen molar-refractivity contribution in [3.63, 3.8) is 0 Å². The van der Waals surface area contributed by atoms with E-state index in [4.69, 9.17) is 0 Å². The normalized spacial score (nSPS) is 22.5. The molecule has 1 aliphatic heterocycles. The van der Waals surface area contributed by atoms with Crippen molar-refractivity contribution in [3.8, 4) is 11.5 Å². The summed E-state index contributed by atoms with van der Waals surface area (Å²) in [4.78, 5) is 0. The van der Waals surface area contributed by atoms with Crippen molar-refractivity contribution >= 4 is 0 Å². The third kappa shape index (κ3) is 2.29. The zero-order valence-corrected chi connectivity index (χ0v) is 10.6. The Labute approximate surface area is 112 Å². The second-order valence-corrected chi connectivity index (χ2v) is 5.03. The summed E-state index contributed by atoms with van der Waals surface area (Å²) in [6.07, 6.45) is 0. The van der Waals surface area contributed by atoms with Gasteiger partial charge < -0.3 is 15.5 Å². The zero-order chi connectivity index (χ0) is 13.2. The van der Waals surface area contributed by atoms with Crippen LogP contribution in [0.1, 0.15) is 23.0 Å². The van der Waals surface area contributed by atoms with E-state index in [1.807, 2.05) is 12.1 Å². The summed E-state index contributed by atoms with van der Waals surface area (Å²) in [5.74, 6) is 0.626. The molecule has 0 radical (unpaired) electrons. The summed E-state index contributed by atoms with van der Waals surface area (Å²) in [6, 6.07) is 15.5. The molecule has 0 spiro atoms. The molecule has 0 unspecified atom stereocenters. The molecule has 2 aromatic rings. The smallest absolute Gasteiger partial charge is 0.157 e. The third-order valence-corrected chi connectivity index (χ3v) is 3.87. The van der Waals surface area contributed by atoms with Crippen molar-refractivity contribution < 1.29 is 10.2 Å². The van der Waals surface area contributed by atoms with E-state index in [-0.39, 0.29) is 11.5 Å². The maximum absolute atomic E-state index is 9.65. The minimum atomic E-state index is -0.0639. The summed E-state index contributed by atoms with van der Waals surface area (Å²) < 4.78 is 0. The van der Waals surface area contributed by atoms with E-state index in [1.54, 1.807) is 12.1 Å². The number of hydrogen-bond acceptors (Lipinski definition) is 3. The molecule has 3 heteroatoms. The van der Waals surface area contributed by atoms with E-state index >= 15 is 0 Å². The average Bonchev–Trinajstić information content (AvgIpc) is 2.92. The monoisotopic (exact) mass is 255 g/mol. The number of aromatic hydroxyl groups is 2. The number of hydrogen-bond donors (Lipinski definition) is 3. The van der Waals surface area contributed by atoms with Gasteiger partial charge in [0, 0.05) is 24.9 Å². The Morgan fingerprint density at radius 3 is 2.16 bits per heavy atom.